The van der Waals surface area contributed by atoms with Crippen LogP contribution in [0, 0.1) is 0 Å². The third-order valence-corrected chi connectivity index (χ3v) is 2.22. The molecule has 1 heterocycles. The van der Waals surface area contributed by atoms with E-state index in [9.17, 15) is 4.79 Å². The number of para-hydroxylation sites is 1. The molecule has 4 N–H and O–H groups in total. The van der Waals surface area contributed by atoms with Crippen molar-refractivity contribution in [1.29, 1.82) is 0 Å². The molecular weight excluding hydrogens is 180 g/mol. The van der Waals surface area contributed by atoms with E-state index < -0.39 is 12.0 Å². The van der Waals surface area contributed by atoms with Crippen LogP contribution in [0.25, 0.3) is 10.9 Å². The first-order valence-corrected chi connectivity index (χ1v) is 4.24. The van der Waals surface area contributed by atoms with Gasteiger partial charge in [-0.3, -0.25) is 4.79 Å². The molecule has 0 saturated heterocycles. The van der Waals surface area contributed by atoms with Crippen molar-refractivity contribution >= 4 is 16.9 Å². The van der Waals surface area contributed by atoms with Gasteiger partial charge in [0.25, 0.3) is 0 Å². The van der Waals surface area contributed by atoms with Crippen LogP contribution in [0.5, 0.6) is 0 Å². The number of carboxylic acids is 1. The fourth-order valence-corrected chi connectivity index (χ4v) is 1.50. The van der Waals surface area contributed by atoms with Crippen molar-refractivity contribution in [3.8, 4) is 0 Å². The van der Waals surface area contributed by atoms with E-state index in [-0.39, 0.29) is 0 Å². The Kier molecular flexibility index (Phi) is 1.98. The van der Waals surface area contributed by atoms with Crippen LogP contribution in [0.15, 0.2) is 30.5 Å². The Bertz CT molecular complexity index is 476. The number of nitrogens with two attached hydrogens (primary N) is 1. The summed E-state index contributed by atoms with van der Waals surface area (Å²) in [6.45, 7) is 0. The lowest BCUT2D eigenvalue weighted by molar-refractivity contribution is -0.138. The number of aromatic nitrogens is 1. The first-order chi connectivity index (χ1) is 6.70. The summed E-state index contributed by atoms with van der Waals surface area (Å²) in [5, 5.41) is 9.76. The maximum Gasteiger partial charge on any atom is 0.325 e. The highest BCUT2D eigenvalue weighted by Crippen LogP contribution is 2.21. The topological polar surface area (TPSA) is 79.1 Å². The fraction of sp³-hybridized carbons (Fsp3) is 0.100. The molecule has 0 radical (unpaired) electrons. The van der Waals surface area contributed by atoms with Crippen LogP contribution in [-0.4, -0.2) is 16.1 Å². The largest absolute Gasteiger partial charge is 0.480 e. The van der Waals surface area contributed by atoms with Gasteiger partial charge in [0.15, 0.2) is 0 Å². The van der Waals surface area contributed by atoms with E-state index in [1.54, 1.807) is 18.3 Å². The van der Waals surface area contributed by atoms with E-state index in [1.165, 1.54) is 0 Å². The molecule has 0 saturated carbocycles. The number of benzene rings is 1. The van der Waals surface area contributed by atoms with Gasteiger partial charge in [-0.1, -0.05) is 18.2 Å². The van der Waals surface area contributed by atoms with Gasteiger partial charge >= 0.3 is 5.97 Å². The van der Waals surface area contributed by atoms with Crippen LogP contribution in [0.3, 0.4) is 0 Å². The number of fused-ring (bicyclic) bond motifs is 1. The first-order valence-electron chi connectivity index (χ1n) is 4.24. The highest BCUT2D eigenvalue weighted by molar-refractivity contribution is 5.88. The summed E-state index contributed by atoms with van der Waals surface area (Å²) < 4.78 is 0. The summed E-state index contributed by atoms with van der Waals surface area (Å²) in [5.41, 5.74) is 6.95. The average molecular weight is 190 g/mol. The standard InChI is InChI=1S/C10H10N2O2/c11-8(10(13)14)7-3-1-2-6-4-5-12-9(6)7/h1-5,8,12H,11H2,(H,13,14). The number of aromatic amines is 1. The predicted octanol–water partition coefficient (Wildman–Crippen LogP) is 1.25. The molecule has 1 atom stereocenters. The molecule has 0 aliphatic rings. The van der Waals surface area contributed by atoms with Crippen molar-refractivity contribution in [2.24, 2.45) is 5.73 Å². The van der Waals surface area contributed by atoms with Crippen molar-refractivity contribution in [3.05, 3.63) is 36.0 Å². The monoisotopic (exact) mass is 190 g/mol. The number of rotatable bonds is 2. The van der Waals surface area contributed by atoms with E-state index in [0.717, 1.165) is 10.9 Å². The minimum Gasteiger partial charge on any atom is -0.480 e. The number of aliphatic carboxylic acids is 1. The second kappa shape index (κ2) is 3.16. The normalized spacial score (nSPS) is 12.9. The summed E-state index contributed by atoms with van der Waals surface area (Å²) in [7, 11) is 0. The van der Waals surface area contributed by atoms with Gasteiger partial charge < -0.3 is 15.8 Å². The van der Waals surface area contributed by atoms with Crippen molar-refractivity contribution in [2.45, 2.75) is 6.04 Å². The van der Waals surface area contributed by atoms with Crippen molar-refractivity contribution in [3.63, 3.8) is 0 Å². The molecule has 72 valence electrons. The Morgan fingerprint density at radius 2 is 2.21 bits per heavy atom. The molecule has 0 fully saturated rings. The Labute approximate surface area is 80.3 Å². The zero-order valence-corrected chi connectivity index (χ0v) is 7.40. The lowest BCUT2D eigenvalue weighted by Crippen LogP contribution is -2.20. The number of hydrogen-bond donors (Lipinski definition) is 3. The van der Waals surface area contributed by atoms with Gasteiger partial charge in [-0.25, -0.2) is 0 Å². The van der Waals surface area contributed by atoms with Crippen molar-refractivity contribution in [2.75, 3.05) is 0 Å². The van der Waals surface area contributed by atoms with Crippen LogP contribution in [0.1, 0.15) is 11.6 Å². The average Bonchev–Trinajstić information content (AvgIpc) is 2.63. The fourth-order valence-electron chi connectivity index (χ4n) is 1.50. The Morgan fingerprint density at radius 1 is 1.43 bits per heavy atom. The van der Waals surface area contributed by atoms with Gasteiger partial charge in [-0.2, -0.15) is 0 Å². The maximum absolute atomic E-state index is 10.7. The van der Waals surface area contributed by atoms with Crippen LogP contribution in [0.4, 0.5) is 0 Å². The van der Waals surface area contributed by atoms with E-state index in [1.807, 2.05) is 12.1 Å². The summed E-state index contributed by atoms with van der Waals surface area (Å²) in [5.74, 6) is -1.02. The van der Waals surface area contributed by atoms with E-state index >= 15 is 0 Å². The third-order valence-electron chi connectivity index (χ3n) is 2.22. The minimum absolute atomic E-state index is 0.611. The van der Waals surface area contributed by atoms with Gasteiger partial charge in [0.1, 0.15) is 6.04 Å². The number of H-pyrrole nitrogens is 1. The lowest BCUT2D eigenvalue weighted by Gasteiger charge is -2.07. The second-order valence-electron chi connectivity index (χ2n) is 3.11. The van der Waals surface area contributed by atoms with Gasteiger partial charge in [0.05, 0.1) is 5.52 Å². The van der Waals surface area contributed by atoms with Gasteiger partial charge in [0, 0.05) is 11.8 Å². The molecule has 1 unspecified atom stereocenters. The molecular formula is C10H10N2O2. The predicted molar refractivity (Wildman–Crippen MR) is 52.9 cm³/mol. The molecule has 14 heavy (non-hydrogen) atoms. The highest BCUT2D eigenvalue weighted by atomic mass is 16.4. The molecule has 0 aliphatic carbocycles. The molecule has 0 amide bonds. The third kappa shape index (κ3) is 1.25. The second-order valence-corrected chi connectivity index (χ2v) is 3.11. The number of nitrogens with one attached hydrogen (secondary N) is 1. The lowest BCUT2D eigenvalue weighted by atomic mass is 10.1. The summed E-state index contributed by atoms with van der Waals surface area (Å²) >= 11 is 0. The van der Waals surface area contributed by atoms with E-state index in [0.29, 0.717) is 5.56 Å². The maximum atomic E-state index is 10.7. The van der Waals surface area contributed by atoms with Gasteiger partial charge in [-0.15, -0.1) is 0 Å². The number of hydrogen-bond acceptors (Lipinski definition) is 2. The minimum atomic E-state index is -1.02. The molecule has 2 rings (SSSR count). The van der Waals surface area contributed by atoms with Crippen LogP contribution >= 0.6 is 0 Å². The van der Waals surface area contributed by atoms with Crippen LogP contribution < -0.4 is 5.73 Å². The molecule has 4 nitrogen and oxygen atoms in total. The molecule has 4 heteroatoms. The Morgan fingerprint density at radius 3 is 2.93 bits per heavy atom. The molecule has 1 aromatic carbocycles. The van der Waals surface area contributed by atoms with Crippen molar-refractivity contribution in [1.82, 2.24) is 4.98 Å². The molecule has 1 aromatic heterocycles. The smallest absolute Gasteiger partial charge is 0.325 e. The zero-order valence-electron chi connectivity index (χ0n) is 7.40. The molecule has 2 aromatic rings. The van der Waals surface area contributed by atoms with Gasteiger partial charge in [-0.05, 0) is 11.5 Å². The molecule has 0 spiro atoms. The van der Waals surface area contributed by atoms with E-state index in [2.05, 4.69) is 4.98 Å². The zero-order chi connectivity index (χ0) is 10.1. The summed E-state index contributed by atoms with van der Waals surface area (Å²) in [4.78, 5) is 13.7. The summed E-state index contributed by atoms with van der Waals surface area (Å²) in [6.07, 6.45) is 1.77. The van der Waals surface area contributed by atoms with E-state index in [4.69, 9.17) is 10.8 Å². The van der Waals surface area contributed by atoms with Crippen LogP contribution in [-0.2, 0) is 4.79 Å². The Balaban J connectivity index is 2.61. The molecule has 0 bridgehead atoms. The van der Waals surface area contributed by atoms with Crippen molar-refractivity contribution < 1.29 is 9.90 Å². The Hall–Kier alpha value is -1.81. The summed E-state index contributed by atoms with van der Waals surface area (Å²) in [6, 6.07) is 6.33. The quantitative estimate of drug-likeness (QED) is 0.666. The SMILES string of the molecule is NC(C(=O)O)c1cccc2cc[nH]c12. The van der Waals surface area contributed by atoms with Gasteiger partial charge in [0.2, 0.25) is 0 Å². The highest BCUT2D eigenvalue weighted by Gasteiger charge is 2.16. The number of carboxylic acid groups (broad SMARTS) is 1. The number of carbonyl (C=O) groups is 1. The van der Waals surface area contributed by atoms with Crippen LogP contribution in [0.2, 0.25) is 0 Å². The first kappa shape index (κ1) is 8.77. The molecule has 0 aliphatic heterocycles.